The number of thiophene rings is 1. The van der Waals surface area contributed by atoms with Crippen molar-refractivity contribution >= 4 is 108 Å². The van der Waals surface area contributed by atoms with Crippen molar-refractivity contribution in [2.75, 3.05) is 0 Å². The lowest BCUT2D eigenvalue weighted by molar-refractivity contribution is 0.672. The average molecular weight is 897 g/mol. The lowest BCUT2D eigenvalue weighted by atomic mass is 10.0. The topological polar surface area (TPSA) is 56.7 Å². The fourth-order valence-corrected chi connectivity index (χ4v) is 11.9. The van der Waals surface area contributed by atoms with Gasteiger partial charge in [0.05, 0.1) is 22.1 Å². The first kappa shape index (κ1) is 38.2. The molecule has 0 saturated heterocycles. The monoisotopic (exact) mass is 896 g/mol. The first-order chi connectivity index (χ1) is 34.2. The Bertz CT molecular complexity index is 4530. The van der Waals surface area contributed by atoms with Crippen molar-refractivity contribution in [1.82, 2.24) is 19.5 Å². The highest BCUT2D eigenvalue weighted by Crippen LogP contribution is 2.46. The van der Waals surface area contributed by atoms with E-state index in [9.17, 15) is 0 Å². The number of fused-ring (bicyclic) bond motifs is 13. The van der Waals surface area contributed by atoms with E-state index in [1.165, 1.54) is 41.7 Å². The molecule has 4 aromatic heterocycles. The summed E-state index contributed by atoms with van der Waals surface area (Å²) in [6, 6.07) is 78.1. The van der Waals surface area contributed by atoms with Crippen LogP contribution in [0.15, 0.2) is 223 Å². The Morgan fingerprint density at radius 3 is 1.65 bits per heavy atom. The summed E-state index contributed by atoms with van der Waals surface area (Å²) in [6.07, 6.45) is 0. The molecule has 0 saturated carbocycles. The summed E-state index contributed by atoms with van der Waals surface area (Å²) in [5.41, 5.74) is 9.68. The summed E-state index contributed by atoms with van der Waals surface area (Å²) in [5.74, 6) is 1.77. The van der Waals surface area contributed by atoms with Gasteiger partial charge in [0.25, 0.3) is 0 Å². The largest absolute Gasteiger partial charge is 0.455 e. The van der Waals surface area contributed by atoms with Gasteiger partial charge in [-0.3, -0.25) is 0 Å². The van der Waals surface area contributed by atoms with Crippen molar-refractivity contribution in [3.63, 3.8) is 0 Å². The Balaban J connectivity index is 1.08. The molecule has 0 aliphatic carbocycles. The lowest BCUT2D eigenvalue weighted by Crippen LogP contribution is -2.04. The predicted molar refractivity (Wildman–Crippen MR) is 289 cm³/mol. The highest BCUT2D eigenvalue weighted by Gasteiger charge is 2.26. The van der Waals surface area contributed by atoms with E-state index >= 15 is 0 Å². The van der Waals surface area contributed by atoms with Crippen LogP contribution >= 0.6 is 11.3 Å². The smallest absolute Gasteiger partial charge is 0.166 e. The fourth-order valence-electron chi connectivity index (χ4n) is 10.7. The van der Waals surface area contributed by atoms with E-state index in [1.807, 2.05) is 6.07 Å². The van der Waals surface area contributed by atoms with Crippen molar-refractivity contribution in [1.29, 1.82) is 0 Å². The zero-order valence-corrected chi connectivity index (χ0v) is 37.7. The molecule has 5 nitrogen and oxygen atoms in total. The predicted octanol–water partition coefficient (Wildman–Crippen LogP) is 17.4. The molecule has 0 spiro atoms. The van der Waals surface area contributed by atoms with Gasteiger partial charge in [-0.2, -0.15) is 0 Å². The second-order valence-corrected chi connectivity index (χ2v) is 19.0. The van der Waals surface area contributed by atoms with Crippen LogP contribution in [-0.2, 0) is 0 Å². The summed E-state index contributed by atoms with van der Waals surface area (Å²) in [6.45, 7) is 0. The molecular weight excluding hydrogens is 861 g/mol. The van der Waals surface area contributed by atoms with Crippen LogP contribution in [0.1, 0.15) is 0 Å². The highest BCUT2D eigenvalue weighted by atomic mass is 32.1. The lowest BCUT2D eigenvalue weighted by Gasteiger charge is -2.16. The molecule has 0 radical (unpaired) electrons. The van der Waals surface area contributed by atoms with Crippen molar-refractivity contribution in [2.45, 2.75) is 0 Å². The maximum Gasteiger partial charge on any atom is 0.166 e. The Hall–Kier alpha value is -8.97. The fraction of sp³-hybridized carbons (Fsp3) is 0. The summed E-state index contributed by atoms with van der Waals surface area (Å²) >= 11 is 1.79. The second kappa shape index (κ2) is 14.8. The molecule has 0 amide bonds. The van der Waals surface area contributed by atoms with E-state index < -0.39 is 0 Å². The number of nitrogens with zero attached hydrogens (tertiary/aromatic N) is 4. The first-order valence-corrected chi connectivity index (χ1v) is 24.1. The molecule has 320 valence electrons. The van der Waals surface area contributed by atoms with Gasteiger partial charge in [0.2, 0.25) is 0 Å². The third kappa shape index (κ3) is 5.92. The number of hydrogen-bond acceptors (Lipinski definition) is 5. The van der Waals surface area contributed by atoms with Gasteiger partial charge in [0, 0.05) is 58.4 Å². The highest BCUT2D eigenvalue weighted by molar-refractivity contribution is 7.25. The normalized spacial score (nSPS) is 12.1. The zero-order chi connectivity index (χ0) is 45.2. The minimum Gasteiger partial charge on any atom is -0.455 e. The molecule has 0 atom stereocenters. The van der Waals surface area contributed by atoms with E-state index in [0.29, 0.717) is 17.5 Å². The number of furan rings is 1. The molecule has 0 aliphatic heterocycles. The summed E-state index contributed by atoms with van der Waals surface area (Å²) in [4.78, 5) is 16.4. The van der Waals surface area contributed by atoms with Crippen molar-refractivity contribution in [3.8, 4) is 51.0 Å². The van der Waals surface area contributed by atoms with E-state index in [4.69, 9.17) is 19.4 Å². The van der Waals surface area contributed by atoms with E-state index in [2.05, 4.69) is 217 Å². The maximum atomic E-state index is 7.00. The summed E-state index contributed by atoms with van der Waals surface area (Å²) in [7, 11) is 0. The molecule has 0 unspecified atom stereocenters. The molecule has 0 N–H and O–H groups in total. The van der Waals surface area contributed by atoms with Gasteiger partial charge in [-0.25, -0.2) is 15.0 Å². The molecular formula is C63H36N4OS. The van der Waals surface area contributed by atoms with Crippen LogP contribution in [0.25, 0.3) is 147 Å². The zero-order valence-electron chi connectivity index (χ0n) is 36.9. The number of aromatic nitrogens is 4. The molecule has 15 aromatic rings. The van der Waals surface area contributed by atoms with Crippen molar-refractivity contribution in [3.05, 3.63) is 218 Å². The number of hydrogen-bond donors (Lipinski definition) is 0. The number of rotatable bonds is 5. The van der Waals surface area contributed by atoms with Gasteiger partial charge in [-0.1, -0.05) is 158 Å². The minimum absolute atomic E-state index is 0.570. The Labute approximate surface area is 398 Å². The average Bonchev–Trinajstić information content (AvgIpc) is 4.08. The van der Waals surface area contributed by atoms with Crippen LogP contribution in [0.3, 0.4) is 0 Å². The standard InChI is InChI=1S/C63H36N4OS/c1-2-13-37(14-3-1)39-20-12-21-44(31-39)61-64-62(45-26-27-48-47-23-10-11-24-56(47)69-57(48)36-45)66-63(65-61)50-29-30-55-58(49-28-25-38-15-8-9-22-46(38)60(49)68-55)59(50)67-53-34-42-18-6-4-16-40(42)32-51(53)52-33-41-17-5-7-19-43(41)35-54(52)67/h1-36H. The van der Waals surface area contributed by atoms with Crippen LogP contribution in [-0.4, -0.2) is 19.5 Å². The van der Waals surface area contributed by atoms with Crippen LogP contribution in [0, 0.1) is 0 Å². The van der Waals surface area contributed by atoms with E-state index in [-0.39, 0.29) is 0 Å². The molecule has 6 heteroatoms. The van der Waals surface area contributed by atoms with Gasteiger partial charge in [-0.05, 0) is 98.7 Å². The van der Waals surface area contributed by atoms with Crippen LogP contribution in [0.5, 0.6) is 0 Å². The molecule has 4 heterocycles. The maximum absolute atomic E-state index is 7.00. The molecule has 0 bridgehead atoms. The van der Waals surface area contributed by atoms with Crippen LogP contribution < -0.4 is 0 Å². The van der Waals surface area contributed by atoms with Crippen LogP contribution in [0.4, 0.5) is 0 Å². The number of benzene rings is 11. The second-order valence-electron chi connectivity index (χ2n) is 17.9. The SMILES string of the molecule is c1ccc(-c2cccc(-c3nc(-c4ccc5c(c4)sc4ccccc45)nc(-c4ccc5oc6c7ccccc7ccc6c5c4-n4c5cc6ccccc6cc5c5cc6ccccc6cc54)n3)c2)cc1. The Kier molecular flexibility index (Phi) is 8.17. The van der Waals surface area contributed by atoms with Gasteiger partial charge in [-0.15, -0.1) is 11.3 Å². The summed E-state index contributed by atoms with van der Waals surface area (Å²) < 4.78 is 11.9. The van der Waals surface area contributed by atoms with Crippen molar-refractivity contribution < 1.29 is 4.42 Å². The minimum atomic E-state index is 0.570. The molecule has 15 rings (SSSR count). The van der Waals surface area contributed by atoms with Gasteiger partial charge < -0.3 is 8.98 Å². The van der Waals surface area contributed by atoms with Gasteiger partial charge in [0.1, 0.15) is 11.2 Å². The van der Waals surface area contributed by atoms with Gasteiger partial charge >= 0.3 is 0 Å². The summed E-state index contributed by atoms with van der Waals surface area (Å²) in [5, 5.41) is 13.7. The first-order valence-electron chi connectivity index (χ1n) is 23.2. The van der Waals surface area contributed by atoms with Crippen LogP contribution in [0.2, 0.25) is 0 Å². The molecule has 0 aliphatic rings. The Morgan fingerprint density at radius 2 is 0.913 bits per heavy atom. The third-order valence-corrected chi connectivity index (χ3v) is 15.1. The van der Waals surface area contributed by atoms with E-state index in [0.717, 1.165) is 88.0 Å². The Morgan fingerprint density at radius 1 is 0.348 bits per heavy atom. The molecule has 0 fully saturated rings. The third-order valence-electron chi connectivity index (χ3n) is 14.0. The van der Waals surface area contributed by atoms with Crippen molar-refractivity contribution in [2.24, 2.45) is 0 Å². The molecule has 69 heavy (non-hydrogen) atoms. The quantitative estimate of drug-likeness (QED) is 0.173. The van der Waals surface area contributed by atoms with Gasteiger partial charge in [0.15, 0.2) is 17.5 Å². The molecule has 11 aromatic carbocycles. The van der Waals surface area contributed by atoms with E-state index in [1.54, 1.807) is 11.3 Å².